The van der Waals surface area contributed by atoms with Gasteiger partial charge in [-0.1, -0.05) is 23.7 Å². The van der Waals surface area contributed by atoms with Crippen molar-refractivity contribution in [2.75, 3.05) is 0 Å². The highest BCUT2D eigenvalue weighted by Gasteiger charge is 2.19. The van der Waals surface area contributed by atoms with E-state index in [4.69, 9.17) is 16.3 Å². The van der Waals surface area contributed by atoms with Gasteiger partial charge in [-0.15, -0.1) is 11.8 Å². The molecule has 0 aliphatic heterocycles. The van der Waals surface area contributed by atoms with Crippen molar-refractivity contribution in [2.45, 2.75) is 30.1 Å². The lowest BCUT2D eigenvalue weighted by molar-refractivity contribution is -0.132. The topological polar surface area (TPSA) is 67.4 Å². The minimum atomic E-state index is -0.980. The average molecular weight is 397 g/mol. The molecule has 2 amide bonds. The summed E-state index contributed by atoms with van der Waals surface area (Å²) in [6.07, 6.45) is -0.980. The lowest BCUT2D eigenvalue weighted by atomic mass is 10.3. The molecule has 0 saturated carbocycles. The molecule has 0 heterocycles. The number of nitrogens with one attached hydrogen (secondary N) is 2. The molecule has 0 aliphatic rings. The maximum Gasteiger partial charge on any atom is 0.279 e. The lowest BCUT2D eigenvalue weighted by Gasteiger charge is -2.17. The van der Waals surface area contributed by atoms with Crippen molar-refractivity contribution < 1.29 is 18.7 Å². The molecule has 2 rings (SSSR count). The molecule has 0 radical (unpaired) electrons. The number of hydrazine groups is 1. The number of thioether (sulfide) groups is 1. The molecule has 138 valence electrons. The number of carbonyl (C=O) groups excluding carboxylic acids is 2. The van der Waals surface area contributed by atoms with Gasteiger partial charge in [0, 0.05) is 9.92 Å². The third kappa shape index (κ3) is 5.93. The molecule has 2 atom stereocenters. The van der Waals surface area contributed by atoms with Crippen LogP contribution in [0, 0.1) is 5.82 Å². The number of hydrogen-bond acceptors (Lipinski definition) is 4. The van der Waals surface area contributed by atoms with Gasteiger partial charge >= 0.3 is 0 Å². The van der Waals surface area contributed by atoms with Crippen LogP contribution in [0.2, 0.25) is 5.02 Å². The van der Waals surface area contributed by atoms with Crippen LogP contribution in [-0.4, -0.2) is 23.2 Å². The third-order valence-corrected chi connectivity index (χ3v) is 4.68. The number of carbonyl (C=O) groups is 2. The highest BCUT2D eigenvalue weighted by Crippen LogP contribution is 2.24. The van der Waals surface area contributed by atoms with Gasteiger partial charge in [-0.2, -0.15) is 0 Å². The number of para-hydroxylation sites is 1. The molecular formula is C18H18ClFN2O3S. The molecule has 5 nitrogen and oxygen atoms in total. The largest absolute Gasteiger partial charge is 0.478 e. The Morgan fingerprint density at radius 1 is 1.04 bits per heavy atom. The zero-order chi connectivity index (χ0) is 19.1. The minimum Gasteiger partial charge on any atom is -0.478 e. The van der Waals surface area contributed by atoms with Gasteiger partial charge in [0.15, 0.2) is 17.7 Å². The van der Waals surface area contributed by atoms with E-state index in [1.165, 1.54) is 36.9 Å². The number of benzene rings is 2. The summed E-state index contributed by atoms with van der Waals surface area (Å²) >= 11 is 7.14. The number of rotatable bonds is 6. The van der Waals surface area contributed by atoms with Gasteiger partial charge in [0.2, 0.25) is 0 Å². The summed E-state index contributed by atoms with van der Waals surface area (Å²) in [5, 5.41) is 0.168. The zero-order valence-electron chi connectivity index (χ0n) is 14.2. The molecule has 0 fully saturated rings. The first-order valence-electron chi connectivity index (χ1n) is 7.80. The van der Waals surface area contributed by atoms with E-state index in [9.17, 15) is 14.0 Å². The van der Waals surface area contributed by atoms with Crippen LogP contribution in [0.4, 0.5) is 4.39 Å². The summed E-state index contributed by atoms with van der Waals surface area (Å²) in [6, 6.07) is 12.8. The molecule has 2 aromatic rings. The Kier molecular flexibility index (Phi) is 7.29. The number of halogens is 2. The van der Waals surface area contributed by atoms with E-state index < -0.39 is 23.1 Å². The normalized spacial score (nSPS) is 12.8. The highest BCUT2D eigenvalue weighted by atomic mass is 35.5. The highest BCUT2D eigenvalue weighted by molar-refractivity contribution is 8.00. The number of hydrogen-bond donors (Lipinski definition) is 2. The predicted molar refractivity (Wildman–Crippen MR) is 99.5 cm³/mol. The van der Waals surface area contributed by atoms with Crippen LogP contribution < -0.4 is 15.6 Å². The fourth-order valence-corrected chi connectivity index (χ4v) is 2.87. The maximum absolute atomic E-state index is 13.5. The fraction of sp³-hybridized carbons (Fsp3) is 0.222. The Hall–Kier alpha value is -2.25. The second kappa shape index (κ2) is 9.45. The van der Waals surface area contributed by atoms with E-state index in [2.05, 4.69) is 10.9 Å². The van der Waals surface area contributed by atoms with Crippen LogP contribution in [-0.2, 0) is 9.59 Å². The standard InChI is InChI=1S/C18H18ClFN2O3S/c1-11(25-16-6-4-3-5-15(16)20)17(23)21-22-18(24)12(2)26-14-9-7-13(19)8-10-14/h3-12H,1-2H3,(H,21,23)(H,22,24). The summed E-state index contributed by atoms with van der Waals surface area (Å²) in [6.45, 7) is 3.17. The third-order valence-electron chi connectivity index (χ3n) is 3.31. The van der Waals surface area contributed by atoms with E-state index in [-0.39, 0.29) is 11.7 Å². The first-order chi connectivity index (χ1) is 12.4. The Morgan fingerprint density at radius 3 is 2.31 bits per heavy atom. The van der Waals surface area contributed by atoms with Gasteiger partial charge < -0.3 is 4.74 Å². The zero-order valence-corrected chi connectivity index (χ0v) is 15.7. The van der Waals surface area contributed by atoms with Crippen LogP contribution >= 0.6 is 23.4 Å². The van der Waals surface area contributed by atoms with Gasteiger partial charge in [-0.3, -0.25) is 20.4 Å². The van der Waals surface area contributed by atoms with Crippen LogP contribution in [0.5, 0.6) is 5.75 Å². The second-order valence-corrected chi connectivity index (χ2v) is 7.23. The molecule has 0 aliphatic carbocycles. The first-order valence-corrected chi connectivity index (χ1v) is 9.05. The molecular weight excluding hydrogens is 379 g/mol. The SMILES string of the molecule is CC(Oc1ccccc1F)C(=O)NNC(=O)C(C)Sc1ccc(Cl)cc1. The van der Waals surface area contributed by atoms with E-state index in [0.717, 1.165) is 4.90 Å². The molecule has 0 aromatic heterocycles. The first kappa shape index (κ1) is 20.1. The Balaban J connectivity index is 1.81. The Labute approximate surface area is 160 Å². The second-order valence-electron chi connectivity index (χ2n) is 5.38. The van der Waals surface area contributed by atoms with Gasteiger partial charge in [-0.25, -0.2) is 4.39 Å². The van der Waals surface area contributed by atoms with Gasteiger partial charge in [-0.05, 0) is 50.2 Å². The van der Waals surface area contributed by atoms with Crippen molar-refractivity contribution in [2.24, 2.45) is 0 Å². The molecule has 2 N–H and O–H groups in total. The van der Waals surface area contributed by atoms with Crippen molar-refractivity contribution in [3.05, 3.63) is 59.4 Å². The summed E-state index contributed by atoms with van der Waals surface area (Å²) in [7, 11) is 0. The Bertz CT molecular complexity index is 773. The van der Waals surface area contributed by atoms with E-state index in [1.807, 2.05) is 0 Å². The van der Waals surface area contributed by atoms with Crippen molar-refractivity contribution >= 4 is 35.2 Å². The van der Waals surface area contributed by atoms with E-state index in [0.29, 0.717) is 5.02 Å². The summed E-state index contributed by atoms with van der Waals surface area (Å²) < 4.78 is 18.8. The maximum atomic E-state index is 13.5. The minimum absolute atomic E-state index is 0.0341. The van der Waals surface area contributed by atoms with E-state index >= 15 is 0 Å². The average Bonchev–Trinajstić information content (AvgIpc) is 2.63. The van der Waals surface area contributed by atoms with Crippen molar-refractivity contribution in [1.82, 2.24) is 10.9 Å². The number of amides is 2. The molecule has 2 unspecified atom stereocenters. The summed E-state index contributed by atoms with van der Waals surface area (Å²) in [5.41, 5.74) is 4.61. The predicted octanol–water partition coefficient (Wildman–Crippen LogP) is 3.57. The van der Waals surface area contributed by atoms with Crippen molar-refractivity contribution in [1.29, 1.82) is 0 Å². The molecule has 2 aromatic carbocycles. The van der Waals surface area contributed by atoms with Gasteiger partial charge in [0.1, 0.15) is 0 Å². The number of ether oxygens (including phenoxy) is 1. The van der Waals surface area contributed by atoms with Gasteiger partial charge in [0.25, 0.3) is 11.8 Å². The lowest BCUT2D eigenvalue weighted by Crippen LogP contribution is -2.49. The van der Waals surface area contributed by atoms with Crippen LogP contribution in [0.1, 0.15) is 13.8 Å². The van der Waals surface area contributed by atoms with Crippen LogP contribution in [0.3, 0.4) is 0 Å². The molecule has 8 heteroatoms. The summed E-state index contributed by atoms with van der Waals surface area (Å²) in [5.74, 6) is -1.57. The Morgan fingerprint density at radius 2 is 1.65 bits per heavy atom. The molecule has 0 spiro atoms. The fourth-order valence-electron chi connectivity index (χ4n) is 1.88. The van der Waals surface area contributed by atoms with E-state index in [1.54, 1.807) is 37.3 Å². The van der Waals surface area contributed by atoms with Crippen LogP contribution in [0.25, 0.3) is 0 Å². The van der Waals surface area contributed by atoms with Crippen molar-refractivity contribution in [3.8, 4) is 5.75 Å². The molecule has 26 heavy (non-hydrogen) atoms. The van der Waals surface area contributed by atoms with Crippen molar-refractivity contribution in [3.63, 3.8) is 0 Å². The van der Waals surface area contributed by atoms with Crippen LogP contribution in [0.15, 0.2) is 53.4 Å². The van der Waals surface area contributed by atoms with Gasteiger partial charge in [0.05, 0.1) is 5.25 Å². The smallest absolute Gasteiger partial charge is 0.279 e. The molecule has 0 bridgehead atoms. The quantitative estimate of drug-likeness (QED) is 0.578. The molecule has 0 saturated heterocycles. The monoisotopic (exact) mass is 396 g/mol. The summed E-state index contributed by atoms with van der Waals surface area (Å²) in [4.78, 5) is 24.9.